The molecule has 1 heterocycles. The minimum atomic E-state index is -1.07. The monoisotopic (exact) mass is 323 g/mol. The Morgan fingerprint density at radius 1 is 0.875 bits per heavy atom. The van der Waals surface area contributed by atoms with Crippen molar-refractivity contribution in [2.24, 2.45) is 0 Å². The van der Waals surface area contributed by atoms with Gasteiger partial charge in [0.05, 0.1) is 0 Å². The summed E-state index contributed by atoms with van der Waals surface area (Å²) < 4.78 is 5.42. The van der Waals surface area contributed by atoms with Crippen molar-refractivity contribution >= 4 is 18.0 Å². The molecule has 2 aliphatic rings. The van der Waals surface area contributed by atoms with E-state index in [1.165, 1.54) is 0 Å². The molecule has 1 fully saturated rings. The molecule has 0 N–H and O–H groups in total. The molecule has 0 unspecified atom stereocenters. The predicted octanol–water partition coefficient (Wildman–Crippen LogP) is 2.97. The van der Waals surface area contributed by atoms with Crippen molar-refractivity contribution in [1.29, 1.82) is 0 Å². The Bertz CT molecular complexity index is 798. The highest BCUT2D eigenvalue weighted by Crippen LogP contribution is 2.45. The lowest BCUT2D eigenvalue weighted by Crippen LogP contribution is -2.32. The molecule has 0 bridgehead atoms. The third kappa shape index (κ3) is 2.23. The summed E-state index contributed by atoms with van der Waals surface area (Å²) >= 11 is 0. The smallest absolute Gasteiger partial charge is 0.420 e. The van der Waals surface area contributed by atoms with E-state index in [2.05, 4.69) is 0 Å². The highest BCUT2D eigenvalue weighted by Gasteiger charge is 2.36. The molecular weight excluding hydrogens is 310 g/mol. The van der Waals surface area contributed by atoms with Crippen LogP contribution in [-0.4, -0.2) is 23.0 Å². The van der Waals surface area contributed by atoms with Crippen LogP contribution in [0, 0.1) is 0 Å². The Balaban J connectivity index is 1.59. The van der Waals surface area contributed by atoms with Crippen LogP contribution in [0.1, 0.15) is 30.1 Å². The Morgan fingerprint density at radius 2 is 1.38 bits per heavy atom. The zero-order valence-corrected chi connectivity index (χ0v) is 12.6. The third-order valence-electron chi connectivity index (χ3n) is 4.16. The fourth-order valence-corrected chi connectivity index (χ4v) is 3.09. The SMILES string of the molecule is O=C(OC1c2ccccc2-c2ccccc21)ON1C(=O)CCC1=O. The van der Waals surface area contributed by atoms with Gasteiger partial charge in [-0.1, -0.05) is 53.6 Å². The maximum absolute atomic E-state index is 12.1. The number of rotatable bonds is 2. The first-order valence-electron chi connectivity index (χ1n) is 7.58. The zero-order chi connectivity index (χ0) is 16.7. The van der Waals surface area contributed by atoms with E-state index in [4.69, 9.17) is 9.57 Å². The number of carbonyl (C=O) groups is 3. The fraction of sp³-hybridized carbons (Fsp3) is 0.167. The second kappa shape index (κ2) is 5.49. The Morgan fingerprint density at radius 3 is 1.92 bits per heavy atom. The number of fused-ring (bicyclic) bond motifs is 3. The van der Waals surface area contributed by atoms with Crippen LogP contribution in [0.4, 0.5) is 4.79 Å². The van der Waals surface area contributed by atoms with E-state index < -0.39 is 24.1 Å². The largest absolute Gasteiger partial charge is 0.534 e. The van der Waals surface area contributed by atoms with Gasteiger partial charge in [0.1, 0.15) is 0 Å². The first kappa shape index (κ1) is 14.4. The van der Waals surface area contributed by atoms with Crippen molar-refractivity contribution in [1.82, 2.24) is 5.06 Å². The molecule has 2 aromatic rings. The summed E-state index contributed by atoms with van der Waals surface area (Å²) in [6.45, 7) is 0. The number of carbonyl (C=O) groups excluding carboxylic acids is 3. The van der Waals surface area contributed by atoms with Crippen molar-refractivity contribution in [2.45, 2.75) is 18.9 Å². The number of hydrogen-bond acceptors (Lipinski definition) is 5. The third-order valence-corrected chi connectivity index (χ3v) is 4.16. The summed E-state index contributed by atoms with van der Waals surface area (Å²) in [7, 11) is 0. The normalized spacial score (nSPS) is 16.1. The molecule has 0 saturated carbocycles. The van der Waals surface area contributed by atoms with Crippen LogP contribution in [0.2, 0.25) is 0 Å². The van der Waals surface area contributed by atoms with Gasteiger partial charge in [-0.3, -0.25) is 14.4 Å². The first-order valence-corrected chi connectivity index (χ1v) is 7.58. The van der Waals surface area contributed by atoms with Gasteiger partial charge in [-0.2, -0.15) is 0 Å². The summed E-state index contributed by atoms with van der Waals surface area (Å²) in [6.07, 6.45) is -1.62. The van der Waals surface area contributed by atoms with Crippen molar-refractivity contribution in [3.05, 3.63) is 59.7 Å². The number of hydrogen-bond donors (Lipinski definition) is 0. The highest BCUT2D eigenvalue weighted by atomic mass is 16.8. The van der Waals surface area contributed by atoms with Gasteiger partial charge in [0.25, 0.3) is 11.8 Å². The molecule has 0 radical (unpaired) electrons. The van der Waals surface area contributed by atoms with Crippen LogP contribution in [0.25, 0.3) is 11.1 Å². The molecule has 4 rings (SSSR count). The van der Waals surface area contributed by atoms with Crippen LogP contribution in [0.15, 0.2) is 48.5 Å². The second-order valence-electron chi connectivity index (χ2n) is 5.60. The number of amides is 2. The summed E-state index contributed by atoms with van der Waals surface area (Å²) in [5, 5.41) is 0.481. The quantitative estimate of drug-likeness (QED) is 0.627. The van der Waals surface area contributed by atoms with Crippen molar-refractivity contribution < 1.29 is 24.0 Å². The average Bonchev–Trinajstić information content (AvgIpc) is 3.08. The van der Waals surface area contributed by atoms with Crippen molar-refractivity contribution in [3.8, 4) is 11.1 Å². The standard InChI is InChI=1S/C18H13NO5/c20-15-9-10-16(21)19(15)24-18(22)23-17-13-7-3-1-5-11(13)12-6-2-4-8-14(12)17/h1-8,17H,9-10H2. The fourth-order valence-electron chi connectivity index (χ4n) is 3.09. The molecule has 0 spiro atoms. The summed E-state index contributed by atoms with van der Waals surface area (Å²) in [5.41, 5.74) is 3.66. The second-order valence-corrected chi connectivity index (χ2v) is 5.60. The molecule has 6 nitrogen and oxygen atoms in total. The lowest BCUT2D eigenvalue weighted by atomic mass is 10.1. The summed E-state index contributed by atoms with van der Waals surface area (Å²) in [4.78, 5) is 39.9. The first-order chi connectivity index (χ1) is 11.6. The van der Waals surface area contributed by atoms with Gasteiger partial charge < -0.3 is 4.74 Å². The van der Waals surface area contributed by atoms with E-state index in [1.807, 2.05) is 48.5 Å². The number of imide groups is 1. The van der Waals surface area contributed by atoms with Gasteiger partial charge in [0.15, 0.2) is 6.10 Å². The van der Waals surface area contributed by atoms with Gasteiger partial charge in [0, 0.05) is 24.0 Å². The topological polar surface area (TPSA) is 72.9 Å². The predicted molar refractivity (Wildman–Crippen MR) is 82.4 cm³/mol. The van der Waals surface area contributed by atoms with Crippen LogP contribution >= 0.6 is 0 Å². The minimum absolute atomic E-state index is 0.0429. The molecule has 1 aliphatic carbocycles. The molecule has 24 heavy (non-hydrogen) atoms. The van der Waals surface area contributed by atoms with E-state index in [-0.39, 0.29) is 12.8 Å². The van der Waals surface area contributed by atoms with E-state index in [1.54, 1.807) is 0 Å². The number of hydroxylamine groups is 2. The molecule has 120 valence electrons. The molecule has 2 amide bonds. The van der Waals surface area contributed by atoms with E-state index in [9.17, 15) is 14.4 Å². The molecule has 0 aromatic heterocycles. The average molecular weight is 323 g/mol. The van der Waals surface area contributed by atoms with Crippen molar-refractivity contribution in [3.63, 3.8) is 0 Å². The highest BCUT2D eigenvalue weighted by molar-refractivity contribution is 6.01. The van der Waals surface area contributed by atoms with Gasteiger partial charge >= 0.3 is 6.16 Å². The van der Waals surface area contributed by atoms with Crippen LogP contribution in [-0.2, 0) is 19.2 Å². The van der Waals surface area contributed by atoms with Crippen LogP contribution in [0.3, 0.4) is 0 Å². The van der Waals surface area contributed by atoms with Crippen molar-refractivity contribution in [2.75, 3.05) is 0 Å². The van der Waals surface area contributed by atoms with Gasteiger partial charge in [0.2, 0.25) is 0 Å². The summed E-state index contributed by atoms with van der Waals surface area (Å²) in [5.74, 6) is -1.08. The molecule has 1 saturated heterocycles. The van der Waals surface area contributed by atoms with E-state index in [0.29, 0.717) is 5.06 Å². The van der Waals surface area contributed by atoms with Gasteiger partial charge in [-0.25, -0.2) is 4.79 Å². The number of ether oxygens (including phenoxy) is 1. The lowest BCUT2D eigenvalue weighted by molar-refractivity contribution is -0.178. The Labute approximate surface area is 137 Å². The Hall–Kier alpha value is -3.15. The maximum Gasteiger partial charge on any atom is 0.534 e. The molecule has 0 atom stereocenters. The van der Waals surface area contributed by atoms with Gasteiger partial charge in [-0.05, 0) is 11.1 Å². The maximum atomic E-state index is 12.1. The number of benzene rings is 2. The molecule has 6 heteroatoms. The van der Waals surface area contributed by atoms with Crippen LogP contribution < -0.4 is 0 Å². The molecular formula is C18H13NO5. The lowest BCUT2D eigenvalue weighted by Gasteiger charge is -2.17. The molecule has 1 aliphatic heterocycles. The van der Waals surface area contributed by atoms with E-state index in [0.717, 1.165) is 22.3 Å². The molecule has 2 aromatic carbocycles. The number of nitrogens with zero attached hydrogens (tertiary/aromatic N) is 1. The van der Waals surface area contributed by atoms with Gasteiger partial charge in [-0.15, -0.1) is 0 Å². The van der Waals surface area contributed by atoms with E-state index >= 15 is 0 Å². The minimum Gasteiger partial charge on any atom is -0.420 e. The summed E-state index contributed by atoms with van der Waals surface area (Å²) in [6, 6.07) is 15.2. The Kier molecular flexibility index (Phi) is 3.30. The zero-order valence-electron chi connectivity index (χ0n) is 12.6. The van der Waals surface area contributed by atoms with Crippen LogP contribution in [0.5, 0.6) is 0 Å².